The molecule has 146 valence electrons. The molecule has 8 heteroatoms. The summed E-state index contributed by atoms with van der Waals surface area (Å²) in [6.07, 6.45) is 3.37. The molecular weight excluding hydrogens is 368 g/mol. The van der Waals surface area contributed by atoms with E-state index in [0.717, 1.165) is 22.3 Å². The van der Waals surface area contributed by atoms with E-state index in [2.05, 4.69) is 25.9 Å². The lowest BCUT2D eigenvalue weighted by Gasteiger charge is -2.09. The molecule has 2 aromatic heterocycles. The van der Waals surface area contributed by atoms with Crippen molar-refractivity contribution in [2.24, 2.45) is 0 Å². The average Bonchev–Trinajstić information content (AvgIpc) is 3.17. The van der Waals surface area contributed by atoms with Crippen LogP contribution in [0.5, 0.6) is 5.75 Å². The van der Waals surface area contributed by atoms with E-state index in [9.17, 15) is 4.79 Å². The van der Waals surface area contributed by atoms with E-state index in [0.29, 0.717) is 18.0 Å². The van der Waals surface area contributed by atoms with Crippen LogP contribution in [0.4, 0.5) is 5.82 Å². The zero-order valence-corrected chi connectivity index (χ0v) is 15.9. The smallest absolute Gasteiger partial charge is 0.242 e. The Kier molecular flexibility index (Phi) is 5.33. The van der Waals surface area contributed by atoms with Gasteiger partial charge in [0.2, 0.25) is 5.91 Å². The third kappa shape index (κ3) is 4.32. The lowest BCUT2D eigenvalue weighted by atomic mass is 10.1. The molecule has 2 N–H and O–H groups in total. The third-order valence-electron chi connectivity index (χ3n) is 4.45. The minimum absolute atomic E-state index is 0.182. The fraction of sp³-hybridized carbons (Fsp3) is 0.143. The first-order valence-electron chi connectivity index (χ1n) is 9.11. The highest BCUT2D eigenvalue weighted by Crippen LogP contribution is 2.19. The summed E-state index contributed by atoms with van der Waals surface area (Å²) in [6.45, 7) is 0.602. The van der Waals surface area contributed by atoms with Crippen molar-refractivity contribution in [3.05, 3.63) is 78.2 Å². The first-order valence-corrected chi connectivity index (χ1v) is 9.11. The molecule has 2 aromatic carbocycles. The molecule has 0 saturated carbocycles. The molecule has 0 spiro atoms. The van der Waals surface area contributed by atoms with Crippen LogP contribution in [0.1, 0.15) is 11.1 Å². The highest BCUT2D eigenvalue weighted by atomic mass is 16.5. The number of anilines is 1. The van der Waals surface area contributed by atoms with Gasteiger partial charge in [-0.2, -0.15) is 5.10 Å². The monoisotopic (exact) mass is 388 g/mol. The molecule has 4 aromatic rings. The molecule has 1 amide bonds. The highest BCUT2D eigenvalue weighted by molar-refractivity contribution is 5.88. The molecular formula is C21H20N6O2. The Morgan fingerprint density at radius 2 is 1.83 bits per heavy atom. The van der Waals surface area contributed by atoms with Crippen LogP contribution in [0.3, 0.4) is 0 Å². The average molecular weight is 388 g/mol. The standard InChI is InChI=1S/C21H20N6O2/c1-29-17-9-7-15(8-10-17)11-19(28)25-26-20-18-12-24-27(21(18)23-14-22-20)13-16-5-3-2-4-6-16/h2-10,12,14H,11,13H2,1H3,(H,25,28)(H,22,23,26). The quantitative estimate of drug-likeness (QED) is 0.473. The summed E-state index contributed by atoms with van der Waals surface area (Å²) in [4.78, 5) is 20.8. The number of aromatic nitrogens is 4. The van der Waals surface area contributed by atoms with Gasteiger partial charge < -0.3 is 4.74 Å². The van der Waals surface area contributed by atoms with Gasteiger partial charge >= 0.3 is 0 Å². The maximum atomic E-state index is 12.3. The van der Waals surface area contributed by atoms with Crippen molar-refractivity contribution >= 4 is 22.8 Å². The molecule has 2 heterocycles. The van der Waals surface area contributed by atoms with Crippen LogP contribution in [-0.2, 0) is 17.8 Å². The van der Waals surface area contributed by atoms with Gasteiger partial charge in [0.25, 0.3) is 0 Å². The number of benzene rings is 2. The summed E-state index contributed by atoms with van der Waals surface area (Å²) in [6, 6.07) is 17.4. The largest absolute Gasteiger partial charge is 0.497 e. The minimum Gasteiger partial charge on any atom is -0.497 e. The van der Waals surface area contributed by atoms with E-state index >= 15 is 0 Å². The number of fused-ring (bicyclic) bond motifs is 1. The highest BCUT2D eigenvalue weighted by Gasteiger charge is 2.11. The molecule has 0 fully saturated rings. The number of rotatable bonds is 7. The van der Waals surface area contributed by atoms with Crippen LogP contribution >= 0.6 is 0 Å². The second-order valence-electron chi connectivity index (χ2n) is 6.45. The molecule has 0 saturated heterocycles. The molecule has 29 heavy (non-hydrogen) atoms. The number of nitrogens with one attached hydrogen (secondary N) is 2. The normalized spacial score (nSPS) is 10.7. The fourth-order valence-electron chi connectivity index (χ4n) is 2.97. The number of hydrogen-bond donors (Lipinski definition) is 2. The lowest BCUT2D eigenvalue weighted by Crippen LogP contribution is -2.31. The van der Waals surface area contributed by atoms with Crippen molar-refractivity contribution in [2.75, 3.05) is 12.5 Å². The lowest BCUT2D eigenvalue weighted by molar-refractivity contribution is -0.119. The third-order valence-corrected chi connectivity index (χ3v) is 4.45. The Balaban J connectivity index is 1.43. The summed E-state index contributed by atoms with van der Waals surface area (Å²) in [5, 5.41) is 5.14. The molecule has 0 aliphatic carbocycles. The van der Waals surface area contributed by atoms with Crippen LogP contribution < -0.4 is 15.6 Å². The zero-order chi connectivity index (χ0) is 20.1. The van der Waals surface area contributed by atoms with Gasteiger partial charge in [0.15, 0.2) is 11.5 Å². The van der Waals surface area contributed by atoms with Crippen molar-refractivity contribution in [1.82, 2.24) is 25.2 Å². The second kappa shape index (κ2) is 8.39. The van der Waals surface area contributed by atoms with Crippen LogP contribution in [-0.4, -0.2) is 32.8 Å². The zero-order valence-electron chi connectivity index (χ0n) is 15.9. The van der Waals surface area contributed by atoms with Crippen molar-refractivity contribution < 1.29 is 9.53 Å². The van der Waals surface area contributed by atoms with Crippen LogP contribution in [0, 0.1) is 0 Å². The molecule has 0 bridgehead atoms. The predicted octanol–water partition coefficient (Wildman–Crippen LogP) is 2.57. The maximum absolute atomic E-state index is 12.3. The van der Waals surface area contributed by atoms with Crippen molar-refractivity contribution in [3.63, 3.8) is 0 Å². The van der Waals surface area contributed by atoms with E-state index in [1.54, 1.807) is 18.0 Å². The number of carbonyl (C=O) groups excluding carboxylic acids is 1. The summed E-state index contributed by atoms with van der Waals surface area (Å²) in [5.74, 6) is 1.07. The number of amides is 1. The molecule has 0 unspecified atom stereocenters. The predicted molar refractivity (Wildman–Crippen MR) is 109 cm³/mol. The topological polar surface area (TPSA) is 94.0 Å². The number of nitrogens with zero attached hydrogens (tertiary/aromatic N) is 4. The second-order valence-corrected chi connectivity index (χ2v) is 6.45. The molecule has 4 rings (SSSR count). The van der Waals surface area contributed by atoms with Gasteiger partial charge in [-0.05, 0) is 23.3 Å². The summed E-state index contributed by atoms with van der Waals surface area (Å²) in [5.41, 5.74) is 8.26. The Labute approximate surface area is 167 Å². The summed E-state index contributed by atoms with van der Waals surface area (Å²) >= 11 is 0. The Morgan fingerprint density at radius 1 is 1.03 bits per heavy atom. The van der Waals surface area contributed by atoms with E-state index in [1.165, 1.54) is 6.33 Å². The van der Waals surface area contributed by atoms with Gasteiger partial charge in [0.1, 0.15) is 12.1 Å². The fourth-order valence-corrected chi connectivity index (χ4v) is 2.97. The van der Waals surface area contributed by atoms with E-state index in [4.69, 9.17) is 4.74 Å². The van der Waals surface area contributed by atoms with Crippen molar-refractivity contribution in [1.29, 1.82) is 0 Å². The van der Waals surface area contributed by atoms with Gasteiger partial charge in [0, 0.05) is 0 Å². The van der Waals surface area contributed by atoms with Gasteiger partial charge in [-0.1, -0.05) is 42.5 Å². The number of ether oxygens (including phenoxy) is 1. The SMILES string of the molecule is COc1ccc(CC(=O)NNc2ncnc3c2cnn3Cc2ccccc2)cc1. The summed E-state index contributed by atoms with van der Waals surface area (Å²) in [7, 11) is 1.61. The van der Waals surface area contributed by atoms with Gasteiger partial charge in [-0.25, -0.2) is 14.6 Å². The van der Waals surface area contributed by atoms with Gasteiger partial charge in [0.05, 0.1) is 31.7 Å². The minimum atomic E-state index is -0.182. The number of hydrazine groups is 1. The molecule has 0 aliphatic heterocycles. The Hall–Kier alpha value is -3.94. The first kappa shape index (κ1) is 18.4. The van der Waals surface area contributed by atoms with Crippen molar-refractivity contribution in [2.45, 2.75) is 13.0 Å². The molecule has 8 nitrogen and oxygen atoms in total. The van der Waals surface area contributed by atoms with Gasteiger partial charge in [-0.3, -0.25) is 15.6 Å². The molecule has 0 aliphatic rings. The van der Waals surface area contributed by atoms with Gasteiger partial charge in [-0.15, -0.1) is 0 Å². The van der Waals surface area contributed by atoms with Crippen LogP contribution in [0.15, 0.2) is 67.1 Å². The maximum Gasteiger partial charge on any atom is 0.242 e. The van der Waals surface area contributed by atoms with E-state index < -0.39 is 0 Å². The molecule has 0 atom stereocenters. The molecule has 0 radical (unpaired) electrons. The van der Waals surface area contributed by atoms with Crippen LogP contribution in [0.2, 0.25) is 0 Å². The Morgan fingerprint density at radius 3 is 2.59 bits per heavy atom. The van der Waals surface area contributed by atoms with E-state index in [-0.39, 0.29) is 12.3 Å². The van der Waals surface area contributed by atoms with Crippen molar-refractivity contribution in [3.8, 4) is 5.75 Å². The summed E-state index contributed by atoms with van der Waals surface area (Å²) < 4.78 is 6.93. The number of methoxy groups -OCH3 is 1. The number of carbonyl (C=O) groups is 1. The van der Waals surface area contributed by atoms with Crippen LogP contribution in [0.25, 0.3) is 11.0 Å². The Bertz CT molecular complexity index is 1110. The number of hydrogen-bond acceptors (Lipinski definition) is 6. The van der Waals surface area contributed by atoms with E-state index in [1.807, 2.05) is 54.6 Å². The first-order chi connectivity index (χ1) is 14.2.